The maximum absolute atomic E-state index is 12.5. The molecular weight excluding hydrogens is 282 g/mol. The Morgan fingerprint density at radius 1 is 1.37 bits per heavy atom. The van der Waals surface area contributed by atoms with Gasteiger partial charge in [0.1, 0.15) is 0 Å². The molecule has 1 unspecified atom stereocenters. The molecule has 2 rings (SSSR count). The molecule has 1 saturated heterocycles. The third kappa shape index (κ3) is 2.96. The minimum atomic E-state index is -3.35. The van der Waals surface area contributed by atoms with Gasteiger partial charge in [-0.1, -0.05) is 19.9 Å². The van der Waals surface area contributed by atoms with Crippen molar-refractivity contribution in [2.75, 3.05) is 13.1 Å². The number of halogens is 1. The summed E-state index contributed by atoms with van der Waals surface area (Å²) in [6.07, 6.45) is 1.80. The van der Waals surface area contributed by atoms with E-state index in [0.717, 1.165) is 24.0 Å². The Morgan fingerprint density at radius 2 is 2.11 bits per heavy atom. The van der Waals surface area contributed by atoms with Crippen LogP contribution in [0.5, 0.6) is 0 Å². The Hall–Kier alpha value is -0.580. The zero-order valence-electron chi connectivity index (χ0n) is 11.4. The molecule has 106 valence electrons. The number of sulfonamides is 1. The third-order valence-corrected chi connectivity index (χ3v) is 5.88. The fourth-order valence-electron chi connectivity index (χ4n) is 2.49. The SMILES string of the molecule is CCc1ccc(S(=O)(=O)N2CCC(C)C2)cc1CCl. The van der Waals surface area contributed by atoms with Gasteiger partial charge in [0.2, 0.25) is 10.0 Å². The minimum Gasteiger partial charge on any atom is -0.207 e. The van der Waals surface area contributed by atoms with Gasteiger partial charge >= 0.3 is 0 Å². The molecular formula is C14H20ClNO2S. The molecule has 0 aromatic heterocycles. The van der Waals surface area contributed by atoms with E-state index in [4.69, 9.17) is 11.6 Å². The standard InChI is InChI=1S/C14H20ClNO2S/c1-3-12-4-5-14(8-13(12)9-15)19(17,18)16-7-6-11(2)10-16/h4-5,8,11H,3,6-7,9-10H2,1-2H3. The van der Waals surface area contributed by atoms with E-state index in [-0.39, 0.29) is 0 Å². The van der Waals surface area contributed by atoms with Gasteiger partial charge in [-0.15, -0.1) is 11.6 Å². The molecule has 0 spiro atoms. The minimum absolute atomic E-state index is 0.350. The van der Waals surface area contributed by atoms with E-state index in [1.165, 1.54) is 0 Å². The lowest BCUT2D eigenvalue weighted by Gasteiger charge is -2.17. The zero-order chi connectivity index (χ0) is 14.0. The van der Waals surface area contributed by atoms with Crippen molar-refractivity contribution in [2.45, 2.75) is 37.5 Å². The summed E-state index contributed by atoms with van der Waals surface area (Å²) in [5, 5.41) is 0. The first-order valence-corrected chi connectivity index (χ1v) is 8.64. The molecule has 0 aliphatic carbocycles. The first-order valence-electron chi connectivity index (χ1n) is 6.67. The van der Waals surface area contributed by atoms with Crippen LogP contribution in [0, 0.1) is 5.92 Å². The molecule has 0 saturated carbocycles. The zero-order valence-corrected chi connectivity index (χ0v) is 13.0. The molecule has 0 N–H and O–H groups in total. The van der Waals surface area contributed by atoms with Crippen molar-refractivity contribution in [1.82, 2.24) is 4.31 Å². The van der Waals surface area contributed by atoms with Gasteiger partial charge in [-0.05, 0) is 42.0 Å². The summed E-state index contributed by atoms with van der Waals surface area (Å²) in [5.74, 6) is 0.792. The van der Waals surface area contributed by atoms with E-state index in [9.17, 15) is 8.42 Å². The van der Waals surface area contributed by atoms with Gasteiger partial charge in [-0.2, -0.15) is 4.31 Å². The summed E-state index contributed by atoms with van der Waals surface area (Å²) in [6.45, 7) is 5.37. The van der Waals surface area contributed by atoms with Gasteiger partial charge in [0.05, 0.1) is 4.90 Å². The Labute approximate surface area is 120 Å². The van der Waals surface area contributed by atoms with Crippen LogP contribution in [-0.2, 0) is 22.3 Å². The van der Waals surface area contributed by atoms with Crippen molar-refractivity contribution in [3.05, 3.63) is 29.3 Å². The molecule has 1 heterocycles. The molecule has 19 heavy (non-hydrogen) atoms. The van der Waals surface area contributed by atoms with Crippen LogP contribution in [0.4, 0.5) is 0 Å². The summed E-state index contributed by atoms with van der Waals surface area (Å²) in [5.41, 5.74) is 2.03. The monoisotopic (exact) mass is 301 g/mol. The van der Waals surface area contributed by atoms with Gasteiger partial charge < -0.3 is 0 Å². The van der Waals surface area contributed by atoms with Gasteiger partial charge in [-0.25, -0.2) is 8.42 Å². The normalized spacial score (nSPS) is 20.9. The van der Waals surface area contributed by atoms with Crippen LogP contribution in [0.15, 0.2) is 23.1 Å². The highest BCUT2D eigenvalue weighted by Crippen LogP contribution is 2.26. The van der Waals surface area contributed by atoms with Gasteiger partial charge in [0, 0.05) is 19.0 Å². The summed E-state index contributed by atoms with van der Waals surface area (Å²) in [4.78, 5) is 0.370. The van der Waals surface area contributed by atoms with Crippen LogP contribution in [-0.4, -0.2) is 25.8 Å². The van der Waals surface area contributed by atoms with E-state index in [1.54, 1.807) is 16.4 Å². The Balaban J connectivity index is 2.35. The van der Waals surface area contributed by atoms with Crippen molar-refractivity contribution in [2.24, 2.45) is 5.92 Å². The number of aryl methyl sites for hydroxylation is 1. The summed E-state index contributed by atoms with van der Waals surface area (Å²) in [7, 11) is -3.35. The van der Waals surface area contributed by atoms with Gasteiger partial charge in [0.25, 0.3) is 0 Å². The van der Waals surface area contributed by atoms with Crippen molar-refractivity contribution >= 4 is 21.6 Å². The number of benzene rings is 1. The lowest BCUT2D eigenvalue weighted by Crippen LogP contribution is -2.28. The second-order valence-corrected chi connectivity index (χ2v) is 7.38. The topological polar surface area (TPSA) is 37.4 Å². The Morgan fingerprint density at radius 3 is 2.63 bits per heavy atom. The number of nitrogens with zero attached hydrogens (tertiary/aromatic N) is 1. The van der Waals surface area contributed by atoms with Crippen LogP contribution < -0.4 is 0 Å². The lowest BCUT2D eigenvalue weighted by atomic mass is 10.1. The Kier molecular flexibility index (Phi) is 4.54. The number of alkyl halides is 1. The molecule has 1 atom stereocenters. The molecule has 0 radical (unpaired) electrons. The van der Waals surface area contributed by atoms with Crippen LogP contribution in [0.25, 0.3) is 0 Å². The highest BCUT2D eigenvalue weighted by atomic mass is 35.5. The fraction of sp³-hybridized carbons (Fsp3) is 0.571. The van der Waals surface area contributed by atoms with Crippen LogP contribution in [0.1, 0.15) is 31.4 Å². The second kappa shape index (κ2) is 5.81. The van der Waals surface area contributed by atoms with E-state index in [0.29, 0.717) is 29.8 Å². The van der Waals surface area contributed by atoms with Gasteiger partial charge in [-0.3, -0.25) is 0 Å². The fourth-order valence-corrected chi connectivity index (χ4v) is 4.37. The van der Waals surface area contributed by atoms with Crippen molar-refractivity contribution in [3.63, 3.8) is 0 Å². The maximum Gasteiger partial charge on any atom is 0.243 e. The highest BCUT2D eigenvalue weighted by Gasteiger charge is 2.30. The highest BCUT2D eigenvalue weighted by molar-refractivity contribution is 7.89. The Bertz CT molecular complexity index is 557. The smallest absolute Gasteiger partial charge is 0.207 e. The molecule has 1 aliphatic heterocycles. The second-order valence-electron chi connectivity index (χ2n) is 5.17. The number of hydrogen-bond acceptors (Lipinski definition) is 2. The van der Waals surface area contributed by atoms with Crippen LogP contribution >= 0.6 is 11.6 Å². The predicted molar refractivity (Wildman–Crippen MR) is 77.9 cm³/mol. The van der Waals surface area contributed by atoms with Crippen molar-refractivity contribution < 1.29 is 8.42 Å². The maximum atomic E-state index is 12.5. The third-order valence-electron chi connectivity index (χ3n) is 3.73. The summed E-state index contributed by atoms with van der Waals surface area (Å²) < 4.78 is 26.6. The molecule has 1 aromatic rings. The molecule has 3 nitrogen and oxygen atoms in total. The van der Waals surface area contributed by atoms with Crippen LogP contribution in [0.2, 0.25) is 0 Å². The molecule has 1 aromatic carbocycles. The average molecular weight is 302 g/mol. The predicted octanol–water partition coefficient (Wildman–Crippen LogP) is 3.02. The van der Waals surface area contributed by atoms with Gasteiger partial charge in [0.15, 0.2) is 0 Å². The summed E-state index contributed by atoms with van der Waals surface area (Å²) in [6, 6.07) is 5.31. The molecule has 1 aliphatic rings. The molecule has 0 bridgehead atoms. The lowest BCUT2D eigenvalue weighted by molar-refractivity contribution is 0.464. The quantitative estimate of drug-likeness (QED) is 0.802. The molecule has 5 heteroatoms. The molecule has 0 amide bonds. The average Bonchev–Trinajstić information content (AvgIpc) is 2.85. The summed E-state index contributed by atoms with van der Waals surface area (Å²) >= 11 is 5.91. The number of rotatable bonds is 4. The number of hydrogen-bond donors (Lipinski definition) is 0. The largest absolute Gasteiger partial charge is 0.243 e. The first-order chi connectivity index (χ1) is 8.98. The first kappa shape index (κ1) is 14.8. The van der Waals surface area contributed by atoms with E-state index < -0.39 is 10.0 Å². The van der Waals surface area contributed by atoms with E-state index in [1.807, 2.05) is 13.0 Å². The van der Waals surface area contributed by atoms with Crippen molar-refractivity contribution in [1.29, 1.82) is 0 Å². The van der Waals surface area contributed by atoms with Crippen molar-refractivity contribution in [3.8, 4) is 0 Å². The van der Waals surface area contributed by atoms with E-state index >= 15 is 0 Å². The molecule has 1 fully saturated rings. The van der Waals surface area contributed by atoms with E-state index in [2.05, 4.69) is 6.92 Å². The van der Waals surface area contributed by atoms with Crippen LogP contribution in [0.3, 0.4) is 0 Å².